The van der Waals surface area contributed by atoms with Crippen molar-refractivity contribution in [2.24, 2.45) is 0 Å². The molecule has 1 aromatic carbocycles. The molecule has 0 saturated carbocycles. The van der Waals surface area contributed by atoms with E-state index >= 15 is 0 Å². The Bertz CT molecular complexity index is 769. The van der Waals surface area contributed by atoms with Crippen LogP contribution in [0.4, 0.5) is 5.69 Å². The van der Waals surface area contributed by atoms with E-state index in [0.717, 1.165) is 18.5 Å². The number of amides is 1. The molecule has 25 heavy (non-hydrogen) atoms. The largest absolute Gasteiger partial charge is 0.480 e. The lowest BCUT2D eigenvalue weighted by Gasteiger charge is -2.11. The van der Waals surface area contributed by atoms with E-state index in [2.05, 4.69) is 20.8 Å². The van der Waals surface area contributed by atoms with Crippen LogP contribution in [0.3, 0.4) is 0 Å². The van der Waals surface area contributed by atoms with Gasteiger partial charge in [-0.25, -0.2) is 0 Å². The van der Waals surface area contributed by atoms with Crippen molar-refractivity contribution in [2.75, 3.05) is 18.4 Å². The number of fused-ring (bicyclic) bond motifs is 1. The number of hydrogen-bond acceptors (Lipinski definition) is 4. The van der Waals surface area contributed by atoms with Crippen LogP contribution in [0.15, 0.2) is 24.3 Å². The first-order valence-electron chi connectivity index (χ1n) is 8.52. The summed E-state index contributed by atoms with van der Waals surface area (Å²) in [5, 5.41) is 21.8. The van der Waals surface area contributed by atoms with Crippen LogP contribution in [0.2, 0.25) is 0 Å². The zero-order valence-corrected chi connectivity index (χ0v) is 14.0. The van der Waals surface area contributed by atoms with Crippen molar-refractivity contribution < 1.29 is 14.7 Å². The number of nitrogens with one attached hydrogen (secondary N) is 3. The Morgan fingerprint density at radius 2 is 2.08 bits per heavy atom. The van der Waals surface area contributed by atoms with Gasteiger partial charge in [-0.2, -0.15) is 5.10 Å². The van der Waals surface area contributed by atoms with Gasteiger partial charge in [0.2, 0.25) is 0 Å². The second-order valence-electron chi connectivity index (χ2n) is 6.17. The number of carbonyl (C=O) groups excluding carboxylic acids is 1. The van der Waals surface area contributed by atoms with E-state index in [-0.39, 0.29) is 12.5 Å². The van der Waals surface area contributed by atoms with Gasteiger partial charge < -0.3 is 15.7 Å². The molecule has 1 heterocycles. The molecule has 1 amide bonds. The molecular weight excluding hydrogens is 320 g/mol. The van der Waals surface area contributed by atoms with Crippen molar-refractivity contribution >= 4 is 17.6 Å². The number of aliphatic carboxylic acids is 1. The van der Waals surface area contributed by atoms with Crippen LogP contribution in [0.1, 0.15) is 40.2 Å². The Hall–Kier alpha value is -2.83. The maximum absolute atomic E-state index is 12.3. The minimum absolute atomic E-state index is 0.177. The van der Waals surface area contributed by atoms with Crippen molar-refractivity contribution in [2.45, 2.75) is 32.1 Å². The summed E-state index contributed by atoms with van der Waals surface area (Å²) >= 11 is 0. The number of benzene rings is 1. The molecule has 4 N–H and O–H groups in total. The normalized spacial score (nSPS) is 13.1. The zero-order valence-electron chi connectivity index (χ0n) is 14.0. The lowest BCUT2D eigenvalue weighted by molar-refractivity contribution is -0.134. The highest BCUT2D eigenvalue weighted by Gasteiger charge is 2.16. The van der Waals surface area contributed by atoms with Crippen LogP contribution in [0, 0.1) is 0 Å². The van der Waals surface area contributed by atoms with Gasteiger partial charge in [-0.1, -0.05) is 6.07 Å². The summed E-state index contributed by atoms with van der Waals surface area (Å²) in [7, 11) is 0. The number of carboxylic acids is 1. The average Bonchev–Trinajstić information content (AvgIpc) is 3.03. The number of nitrogens with zero attached hydrogens (tertiary/aromatic N) is 1. The van der Waals surface area contributed by atoms with E-state index in [1.807, 2.05) is 0 Å². The van der Waals surface area contributed by atoms with Gasteiger partial charge in [-0.3, -0.25) is 14.7 Å². The highest BCUT2D eigenvalue weighted by molar-refractivity contribution is 5.95. The van der Waals surface area contributed by atoms with Crippen molar-refractivity contribution in [1.29, 1.82) is 0 Å². The smallest absolute Gasteiger partial charge is 0.322 e. The average molecular weight is 342 g/mol. The van der Waals surface area contributed by atoms with Gasteiger partial charge in [-0.15, -0.1) is 0 Å². The number of rotatable bonds is 7. The first kappa shape index (κ1) is 17.0. The Labute approximate surface area is 145 Å². The predicted octanol–water partition coefficient (Wildman–Crippen LogP) is 1.76. The van der Waals surface area contributed by atoms with Crippen molar-refractivity contribution in [3.8, 4) is 0 Å². The first-order chi connectivity index (χ1) is 12.1. The third kappa shape index (κ3) is 4.37. The van der Waals surface area contributed by atoms with E-state index in [9.17, 15) is 9.59 Å². The predicted molar refractivity (Wildman–Crippen MR) is 93.8 cm³/mol. The van der Waals surface area contributed by atoms with E-state index in [0.29, 0.717) is 24.2 Å². The number of aromatic amines is 1. The maximum atomic E-state index is 12.3. The first-order valence-corrected chi connectivity index (χ1v) is 8.52. The number of carbonyl (C=O) groups is 2. The third-order valence-electron chi connectivity index (χ3n) is 4.36. The van der Waals surface area contributed by atoms with Gasteiger partial charge in [0.05, 0.1) is 5.69 Å². The van der Waals surface area contributed by atoms with Crippen molar-refractivity contribution in [3.63, 3.8) is 0 Å². The molecule has 0 unspecified atom stereocenters. The molecule has 1 aromatic heterocycles. The molecule has 0 spiro atoms. The van der Waals surface area contributed by atoms with E-state index in [1.165, 1.54) is 24.1 Å². The van der Waals surface area contributed by atoms with Crippen molar-refractivity contribution in [1.82, 2.24) is 15.5 Å². The van der Waals surface area contributed by atoms with Crippen LogP contribution in [-0.2, 0) is 24.1 Å². The Balaban J connectivity index is 1.53. The molecule has 0 bridgehead atoms. The number of H-pyrrole nitrogens is 1. The number of carboxylic acid groups (broad SMARTS) is 1. The summed E-state index contributed by atoms with van der Waals surface area (Å²) in [6, 6.07) is 6.81. The molecule has 0 radical (unpaired) electrons. The summed E-state index contributed by atoms with van der Waals surface area (Å²) in [6.45, 7) is 0.332. The van der Waals surface area contributed by atoms with Crippen LogP contribution in [0.5, 0.6) is 0 Å². The van der Waals surface area contributed by atoms with Gasteiger partial charge in [0.25, 0.3) is 5.91 Å². The highest BCUT2D eigenvalue weighted by atomic mass is 16.4. The van der Waals surface area contributed by atoms with Gasteiger partial charge in [0, 0.05) is 29.9 Å². The molecule has 7 nitrogen and oxygen atoms in total. The standard InChI is InChI=1S/C18H22N4O3/c23-17(24)11-20-13-5-3-4-12(10-13)18(25)19-9-8-16-14-6-1-2-7-15(14)21-22-16/h3-5,10,20H,1-2,6-9,11H2,(H,19,25)(H,21,22)(H,23,24). The number of aromatic nitrogens is 2. The fraction of sp³-hybridized carbons (Fsp3) is 0.389. The molecule has 2 aromatic rings. The van der Waals surface area contributed by atoms with E-state index in [4.69, 9.17) is 5.11 Å². The van der Waals surface area contributed by atoms with Crippen LogP contribution in [0.25, 0.3) is 0 Å². The third-order valence-corrected chi connectivity index (χ3v) is 4.36. The molecule has 1 aliphatic rings. The highest BCUT2D eigenvalue weighted by Crippen LogP contribution is 2.22. The molecule has 0 atom stereocenters. The fourth-order valence-electron chi connectivity index (χ4n) is 3.10. The molecular formula is C18H22N4O3. The Morgan fingerprint density at radius 3 is 2.92 bits per heavy atom. The molecule has 1 aliphatic carbocycles. The molecule has 3 rings (SSSR count). The quantitative estimate of drug-likeness (QED) is 0.613. The molecule has 0 fully saturated rings. The van der Waals surface area contributed by atoms with Crippen LogP contribution in [-0.4, -0.2) is 40.3 Å². The van der Waals surface area contributed by atoms with Gasteiger partial charge >= 0.3 is 5.97 Å². The number of aryl methyl sites for hydroxylation is 1. The summed E-state index contributed by atoms with van der Waals surface area (Å²) in [5.74, 6) is -1.12. The summed E-state index contributed by atoms with van der Waals surface area (Å²) in [6.07, 6.45) is 5.23. The molecule has 0 saturated heterocycles. The molecule has 132 valence electrons. The second kappa shape index (κ2) is 7.83. The fourth-order valence-corrected chi connectivity index (χ4v) is 3.10. The Kier molecular flexibility index (Phi) is 5.33. The second-order valence-corrected chi connectivity index (χ2v) is 6.17. The zero-order chi connectivity index (χ0) is 17.6. The topological polar surface area (TPSA) is 107 Å². The monoisotopic (exact) mass is 342 g/mol. The number of anilines is 1. The Morgan fingerprint density at radius 1 is 1.24 bits per heavy atom. The summed E-state index contributed by atoms with van der Waals surface area (Å²) < 4.78 is 0. The lowest BCUT2D eigenvalue weighted by atomic mass is 9.95. The maximum Gasteiger partial charge on any atom is 0.322 e. The van der Waals surface area contributed by atoms with Crippen LogP contribution >= 0.6 is 0 Å². The van der Waals surface area contributed by atoms with Crippen molar-refractivity contribution in [3.05, 3.63) is 46.8 Å². The minimum atomic E-state index is -0.947. The number of hydrogen-bond donors (Lipinski definition) is 4. The summed E-state index contributed by atoms with van der Waals surface area (Å²) in [4.78, 5) is 22.9. The summed E-state index contributed by atoms with van der Waals surface area (Å²) in [5.41, 5.74) is 4.72. The van der Waals surface area contributed by atoms with Gasteiger partial charge in [0.15, 0.2) is 0 Å². The van der Waals surface area contributed by atoms with Crippen LogP contribution < -0.4 is 10.6 Å². The van der Waals surface area contributed by atoms with E-state index < -0.39 is 5.97 Å². The van der Waals surface area contributed by atoms with Gasteiger partial charge in [-0.05, 0) is 49.4 Å². The molecule has 0 aliphatic heterocycles. The lowest BCUT2D eigenvalue weighted by Crippen LogP contribution is -2.26. The minimum Gasteiger partial charge on any atom is -0.480 e. The SMILES string of the molecule is O=C(O)CNc1cccc(C(=O)NCCc2n[nH]c3c2CCCC3)c1. The van der Waals surface area contributed by atoms with E-state index in [1.54, 1.807) is 24.3 Å². The molecule has 7 heteroatoms. The van der Waals surface area contributed by atoms with Gasteiger partial charge in [0.1, 0.15) is 6.54 Å².